The van der Waals surface area contributed by atoms with Gasteiger partial charge < -0.3 is 9.88 Å². The van der Waals surface area contributed by atoms with E-state index in [4.69, 9.17) is 0 Å². The highest BCUT2D eigenvalue weighted by atomic mass is 127. The molecule has 0 atom stereocenters. The molecule has 0 aliphatic carbocycles. The molecule has 0 aliphatic rings. The van der Waals surface area contributed by atoms with Crippen molar-refractivity contribution in [1.29, 1.82) is 0 Å². The van der Waals surface area contributed by atoms with Gasteiger partial charge in [0.25, 0.3) is 11.5 Å². The highest BCUT2D eigenvalue weighted by Gasteiger charge is 2.09. The molecule has 0 saturated carbocycles. The molecule has 0 spiro atoms. The Balaban J connectivity index is 2.24. The lowest BCUT2D eigenvalue weighted by Crippen LogP contribution is -2.20. The van der Waals surface area contributed by atoms with Gasteiger partial charge in [-0.2, -0.15) is 0 Å². The van der Waals surface area contributed by atoms with E-state index in [-0.39, 0.29) is 11.5 Å². The van der Waals surface area contributed by atoms with E-state index in [0.29, 0.717) is 17.8 Å². The zero-order valence-electron chi connectivity index (χ0n) is 10.4. The molecule has 2 rings (SSSR count). The van der Waals surface area contributed by atoms with Gasteiger partial charge in [-0.05, 0) is 47.7 Å². The molecule has 0 radical (unpaired) electrons. The molecular formula is C14H13IN2O2. The van der Waals surface area contributed by atoms with Crippen molar-refractivity contribution in [1.82, 2.24) is 4.57 Å². The molecule has 0 bridgehead atoms. The maximum absolute atomic E-state index is 12.1. The zero-order valence-corrected chi connectivity index (χ0v) is 12.5. The molecule has 5 heteroatoms. The van der Waals surface area contributed by atoms with Crippen molar-refractivity contribution >= 4 is 34.2 Å². The van der Waals surface area contributed by atoms with Crippen LogP contribution in [0.3, 0.4) is 0 Å². The lowest BCUT2D eigenvalue weighted by Gasteiger charge is -2.08. The Hall–Kier alpha value is -1.63. The van der Waals surface area contributed by atoms with Crippen molar-refractivity contribution in [3.05, 3.63) is 62.1 Å². The molecule has 19 heavy (non-hydrogen) atoms. The van der Waals surface area contributed by atoms with Gasteiger partial charge in [0.1, 0.15) is 0 Å². The summed E-state index contributed by atoms with van der Waals surface area (Å²) in [6.45, 7) is 2.46. The van der Waals surface area contributed by atoms with Crippen molar-refractivity contribution in [3.8, 4) is 0 Å². The zero-order chi connectivity index (χ0) is 13.8. The summed E-state index contributed by atoms with van der Waals surface area (Å²) in [6.07, 6.45) is 1.65. The summed E-state index contributed by atoms with van der Waals surface area (Å²) in [7, 11) is 0. The van der Waals surface area contributed by atoms with E-state index in [0.717, 1.165) is 3.57 Å². The average molecular weight is 368 g/mol. The molecule has 1 amide bonds. The second-order valence-corrected chi connectivity index (χ2v) is 5.14. The third kappa shape index (κ3) is 3.23. The molecule has 4 nitrogen and oxygen atoms in total. The number of carbonyl (C=O) groups is 1. The van der Waals surface area contributed by atoms with Crippen LogP contribution in [-0.4, -0.2) is 10.5 Å². The number of anilines is 1. The third-order valence-electron chi connectivity index (χ3n) is 2.70. The maximum Gasteiger partial charge on any atom is 0.256 e. The summed E-state index contributed by atoms with van der Waals surface area (Å²) in [5.41, 5.74) is 1.17. The van der Waals surface area contributed by atoms with Gasteiger partial charge in [0.2, 0.25) is 0 Å². The molecule has 0 aliphatic heterocycles. The number of rotatable bonds is 3. The van der Waals surface area contributed by atoms with Crippen molar-refractivity contribution in [2.75, 3.05) is 5.32 Å². The number of aromatic nitrogens is 1. The first-order valence-electron chi connectivity index (χ1n) is 5.88. The van der Waals surface area contributed by atoms with Crippen LogP contribution in [0.5, 0.6) is 0 Å². The van der Waals surface area contributed by atoms with Crippen LogP contribution in [0, 0.1) is 3.57 Å². The summed E-state index contributed by atoms with van der Waals surface area (Å²) >= 11 is 2.12. The Labute approximate surface area is 124 Å². The quantitative estimate of drug-likeness (QED) is 0.848. The normalized spacial score (nSPS) is 10.2. The number of hydrogen-bond donors (Lipinski definition) is 1. The minimum absolute atomic E-state index is 0.0743. The molecule has 0 saturated heterocycles. The molecule has 0 unspecified atom stereocenters. The van der Waals surface area contributed by atoms with E-state index in [1.165, 1.54) is 6.07 Å². The highest BCUT2D eigenvalue weighted by Crippen LogP contribution is 2.13. The first-order valence-corrected chi connectivity index (χ1v) is 6.96. The van der Waals surface area contributed by atoms with E-state index in [2.05, 4.69) is 27.9 Å². The Kier molecular flexibility index (Phi) is 4.36. The highest BCUT2D eigenvalue weighted by molar-refractivity contribution is 14.1. The number of hydrogen-bond acceptors (Lipinski definition) is 2. The van der Waals surface area contributed by atoms with Gasteiger partial charge >= 0.3 is 0 Å². The molecule has 2 aromatic rings. The van der Waals surface area contributed by atoms with Crippen LogP contribution in [0.4, 0.5) is 5.69 Å². The van der Waals surface area contributed by atoms with Crippen LogP contribution in [0.15, 0.2) is 47.4 Å². The van der Waals surface area contributed by atoms with Gasteiger partial charge in [-0.1, -0.05) is 12.1 Å². The fraction of sp³-hybridized carbons (Fsp3) is 0.143. The van der Waals surface area contributed by atoms with Crippen LogP contribution in [0.1, 0.15) is 17.3 Å². The number of nitrogens with one attached hydrogen (secondary N) is 1. The number of aryl methyl sites for hydroxylation is 1. The van der Waals surface area contributed by atoms with E-state index in [1.54, 1.807) is 22.9 Å². The summed E-state index contributed by atoms with van der Waals surface area (Å²) in [4.78, 5) is 23.6. The Morgan fingerprint density at radius 3 is 2.68 bits per heavy atom. The fourth-order valence-corrected chi connectivity index (χ4v) is 2.33. The summed E-state index contributed by atoms with van der Waals surface area (Å²) < 4.78 is 2.44. The lowest BCUT2D eigenvalue weighted by molar-refractivity contribution is 0.102. The number of benzene rings is 1. The van der Waals surface area contributed by atoms with Crippen molar-refractivity contribution in [3.63, 3.8) is 0 Å². The van der Waals surface area contributed by atoms with E-state index >= 15 is 0 Å². The number of nitrogens with zero attached hydrogens (tertiary/aromatic N) is 1. The molecule has 1 aromatic carbocycles. The molecular weight excluding hydrogens is 355 g/mol. The average Bonchev–Trinajstić information content (AvgIpc) is 2.41. The van der Waals surface area contributed by atoms with E-state index < -0.39 is 0 Å². The number of halogens is 1. The van der Waals surface area contributed by atoms with Crippen molar-refractivity contribution in [2.45, 2.75) is 13.5 Å². The van der Waals surface area contributed by atoms with Crippen LogP contribution in [0.25, 0.3) is 0 Å². The SMILES string of the molecule is CCn1cc(NC(=O)c2ccccc2I)ccc1=O. The van der Waals surface area contributed by atoms with E-state index in [9.17, 15) is 9.59 Å². The lowest BCUT2D eigenvalue weighted by atomic mass is 10.2. The van der Waals surface area contributed by atoms with Crippen molar-refractivity contribution in [2.24, 2.45) is 0 Å². The van der Waals surface area contributed by atoms with Gasteiger partial charge in [0.15, 0.2) is 0 Å². The van der Waals surface area contributed by atoms with Crippen LogP contribution < -0.4 is 10.9 Å². The summed E-state index contributed by atoms with van der Waals surface area (Å²) in [5, 5.41) is 2.80. The Morgan fingerprint density at radius 1 is 1.26 bits per heavy atom. The number of amides is 1. The minimum atomic E-state index is -0.175. The largest absolute Gasteiger partial charge is 0.321 e. The van der Waals surface area contributed by atoms with E-state index in [1.807, 2.05) is 25.1 Å². The fourth-order valence-electron chi connectivity index (χ4n) is 1.70. The topological polar surface area (TPSA) is 51.1 Å². The van der Waals surface area contributed by atoms with Crippen LogP contribution in [-0.2, 0) is 6.54 Å². The van der Waals surface area contributed by atoms with Crippen molar-refractivity contribution < 1.29 is 4.79 Å². The molecule has 1 heterocycles. The van der Waals surface area contributed by atoms with Gasteiger partial charge in [0, 0.05) is 22.4 Å². The first-order chi connectivity index (χ1) is 9.11. The van der Waals surface area contributed by atoms with Crippen LogP contribution >= 0.6 is 22.6 Å². The summed E-state index contributed by atoms with van der Waals surface area (Å²) in [6, 6.07) is 10.4. The van der Waals surface area contributed by atoms with Gasteiger partial charge in [-0.25, -0.2) is 0 Å². The number of carbonyl (C=O) groups excluding carboxylic acids is 1. The summed E-state index contributed by atoms with van der Waals surface area (Å²) in [5.74, 6) is -0.175. The minimum Gasteiger partial charge on any atom is -0.321 e. The van der Waals surface area contributed by atoms with Gasteiger partial charge in [-0.3, -0.25) is 9.59 Å². The van der Waals surface area contributed by atoms with Gasteiger partial charge in [0.05, 0.1) is 11.3 Å². The first kappa shape index (κ1) is 13.8. The second kappa shape index (κ2) is 6.01. The molecule has 1 aromatic heterocycles. The molecule has 98 valence electrons. The van der Waals surface area contributed by atoms with Gasteiger partial charge in [-0.15, -0.1) is 0 Å². The smallest absolute Gasteiger partial charge is 0.256 e. The predicted molar refractivity (Wildman–Crippen MR) is 83.5 cm³/mol. The molecule has 1 N–H and O–H groups in total. The Morgan fingerprint density at radius 2 is 2.00 bits per heavy atom. The Bertz CT molecular complexity index is 664. The standard InChI is InChI=1S/C14H13IN2O2/c1-2-17-9-10(7-8-13(17)18)16-14(19)11-5-3-4-6-12(11)15/h3-9H,2H2,1H3,(H,16,19). The monoisotopic (exact) mass is 368 g/mol. The number of pyridine rings is 1. The third-order valence-corrected chi connectivity index (χ3v) is 3.64. The van der Waals surface area contributed by atoms with Crippen LogP contribution in [0.2, 0.25) is 0 Å². The predicted octanol–water partition coefficient (Wildman–Crippen LogP) is 2.73. The molecule has 0 fully saturated rings. The second-order valence-electron chi connectivity index (χ2n) is 3.98. The maximum atomic E-state index is 12.1.